The first-order chi connectivity index (χ1) is 8.81. The van der Waals surface area contributed by atoms with E-state index in [1.54, 1.807) is 7.11 Å². The maximum absolute atomic E-state index is 5.33. The number of likely N-dealkylation sites (N-methyl/N-ethyl adjacent to an activating group) is 1. The van der Waals surface area contributed by atoms with Crippen LogP contribution in [0, 0.1) is 0 Å². The van der Waals surface area contributed by atoms with E-state index < -0.39 is 0 Å². The molecule has 1 atom stereocenters. The summed E-state index contributed by atoms with van der Waals surface area (Å²) < 4.78 is 5.33. The molecule has 1 aliphatic rings. The molecule has 96 valence electrons. The molecule has 0 radical (unpaired) electrons. The summed E-state index contributed by atoms with van der Waals surface area (Å²) in [5.41, 5.74) is 4.12. The van der Waals surface area contributed by atoms with Crippen molar-refractivity contribution in [2.75, 3.05) is 13.7 Å². The Labute approximate surface area is 108 Å². The van der Waals surface area contributed by atoms with E-state index in [2.05, 4.69) is 29.4 Å². The second-order valence-electron chi connectivity index (χ2n) is 4.99. The topological polar surface area (TPSA) is 37.0 Å². The van der Waals surface area contributed by atoms with Gasteiger partial charge in [-0.1, -0.05) is 6.92 Å². The molecular weight excluding hydrogens is 224 g/mol. The van der Waals surface area contributed by atoms with Gasteiger partial charge in [0.05, 0.1) is 7.11 Å². The van der Waals surface area contributed by atoms with Crippen LogP contribution in [0.15, 0.2) is 18.2 Å². The van der Waals surface area contributed by atoms with Crippen LogP contribution in [0.3, 0.4) is 0 Å². The third-order valence-corrected chi connectivity index (χ3v) is 3.89. The van der Waals surface area contributed by atoms with Crippen molar-refractivity contribution < 1.29 is 4.74 Å². The Hall–Kier alpha value is -1.48. The van der Waals surface area contributed by atoms with Gasteiger partial charge in [0, 0.05) is 22.6 Å². The molecule has 0 bridgehead atoms. The van der Waals surface area contributed by atoms with E-state index in [0.717, 1.165) is 25.1 Å². The fourth-order valence-electron chi connectivity index (χ4n) is 2.99. The number of methoxy groups -OCH3 is 1. The lowest BCUT2D eigenvalue weighted by Gasteiger charge is -2.23. The molecule has 1 unspecified atom stereocenters. The van der Waals surface area contributed by atoms with Gasteiger partial charge in [-0.15, -0.1) is 0 Å². The van der Waals surface area contributed by atoms with Gasteiger partial charge in [-0.3, -0.25) is 0 Å². The summed E-state index contributed by atoms with van der Waals surface area (Å²) in [6.07, 6.45) is 3.49. The Kier molecular flexibility index (Phi) is 3.00. The van der Waals surface area contributed by atoms with Crippen molar-refractivity contribution >= 4 is 10.9 Å². The normalized spacial score (nSPS) is 18.9. The minimum atomic E-state index is 0.618. The Morgan fingerprint density at radius 3 is 3.11 bits per heavy atom. The molecule has 1 aliphatic carbocycles. The molecule has 3 rings (SSSR count). The number of hydrogen-bond acceptors (Lipinski definition) is 2. The predicted molar refractivity (Wildman–Crippen MR) is 74.3 cm³/mol. The molecule has 0 fully saturated rings. The molecule has 2 aromatic rings. The fourth-order valence-corrected chi connectivity index (χ4v) is 2.99. The zero-order valence-corrected chi connectivity index (χ0v) is 11.0. The number of aryl methyl sites for hydroxylation is 1. The zero-order valence-electron chi connectivity index (χ0n) is 11.0. The molecule has 1 heterocycles. The van der Waals surface area contributed by atoms with Crippen molar-refractivity contribution in [1.29, 1.82) is 0 Å². The minimum Gasteiger partial charge on any atom is -0.497 e. The van der Waals surface area contributed by atoms with Crippen molar-refractivity contribution in [3.05, 3.63) is 29.5 Å². The number of fused-ring (bicyclic) bond motifs is 3. The van der Waals surface area contributed by atoms with Crippen LogP contribution < -0.4 is 10.1 Å². The maximum Gasteiger partial charge on any atom is 0.119 e. The average molecular weight is 244 g/mol. The Morgan fingerprint density at radius 2 is 2.33 bits per heavy atom. The molecule has 2 N–H and O–H groups in total. The van der Waals surface area contributed by atoms with E-state index >= 15 is 0 Å². The van der Waals surface area contributed by atoms with E-state index in [1.165, 1.54) is 28.6 Å². The third-order valence-electron chi connectivity index (χ3n) is 3.89. The van der Waals surface area contributed by atoms with Crippen LogP contribution in [0.1, 0.15) is 24.6 Å². The summed E-state index contributed by atoms with van der Waals surface area (Å²) >= 11 is 0. The molecule has 0 spiro atoms. The molecule has 1 aromatic carbocycles. The van der Waals surface area contributed by atoms with E-state index in [4.69, 9.17) is 4.74 Å². The van der Waals surface area contributed by atoms with Gasteiger partial charge in [0.1, 0.15) is 5.75 Å². The van der Waals surface area contributed by atoms with Crippen molar-refractivity contribution in [3.63, 3.8) is 0 Å². The standard InChI is InChI=1S/C15H20N2O/c1-3-16-10-4-6-14-12(8-10)13-9-11(18-2)5-7-15(13)17-14/h5,7,9-10,16-17H,3-4,6,8H2,1-2H3. The molecule has 18 heavy (non-hydrogen) atoms. The van der Waals surface area contributed by atoms with E-state index in [9.17, 15) is 0 Å². The van der Waals surface area contributed by atoms with Crippen molar-refractivity contribution in [3.8, 4) is 5.75 Å². The maximum atomic E-state index is 5.33. The number of ether oxygens (including phenoxy) is 1. The molecule has 0 aliphatic heterocycles. The molecule has 0 saturated heterocycles. The first kappa shape index (κ1) is 11.6. The fraction of sp³-hybridized carbons (Fsp3) is 0.467. The Balaban J connectivity index is 2.02. The highest BCUT2D eigenvalue weighted by molar-refractivity contribution is 5.86. The summed E-state index contributed by atoms with van der Waals surface area (Å²) in [5.74, 6) is 0.940. The largest absolute Gasteiger partial charge is 0.497 e. The summed E-state index contributed by atoms with van der Waals surface area (Å²) in [6, 6.07) is 6.91. The highest BCUT2D eigenvalue weighted by atomic mass is 16.5. The average Bonchev–Trinajstić information content (AvgIpc) is 2.76. The number of rotatable bonds is 3. The van der Waals surface area contributed by atoms with Gasteiger partial charge in [-0.05, 0) is 49.6 Å². The van der Waals surface area contributed by atoms with Gasteiger partial charge < -0.3 is 15.0 Å². The molecule has 0 amide bonds. The van der Waals surface area contributed by atoms with Gasteiger partial charge in [0.15, 0.2) is 0 Å². The minimum absolute atomic E-state index is 0.618. The monoisotopic (exact) mass is 244 g/mol. The van der Waals surface area contributed by atoms with Crippen molar-refractivity contribution in [1.82, 2.24) is 10.3 Å². The van der Waals surface area contributed by atoms with Crippen LogP contribution in [0.25, 0.3) is 10.9 Å². The lowest BCUT2D eigenvalue weighted by atomic mass is 9.91. The highest BCUT2D eigenvalue weighted by Crippen LogP contribution is 2.31. The predicted octanol–water partition coefficient (Wildman–Crippen LogP) is 2.64. The van der Waals surface area contributed by atoms with Crippen LogP contribution in [0.5, 0.6) is 5.75 Å². The second kappa shape index (κ2) is 4.65. The molecule has 0 saturated carbocycles. The first-order valence-corrected chi connectivity index (χ1v) is 6.72. The van der Waals surface area contributed by atoms with E-state index in [-0.39, 0.29) is 0 Å². The van der Waals surface area contributed by atoms with Gasteiger partial charge >= 0.3 is 0 Å². The lowest BCUT2D eigenvalue weighted by molar-refractivity contribution is 0.415. The van der Waals surface area contributed by atoms with Crippen molar-refractivity contribution in [2.24, 2.45) is 0 Å². The Morgan fingerprint density at radius 1 is 1.44 bits per heavy atom. The van der Waals surface area contributed by atoms with Gasteiger partial charge in [-0.25, -0.2) is 0 Å². The number of nitrogens with one attached hydrogen (secondary N) is 2. The first-order valence-electron chi connectivity index (χ1n) is 6.72. The molecule has 3 heteroatoms. The van der Waals surface area contributed by atoms with Crippen LogP contribution in [0.2, 0.25) is 0 Å². The third kappa shape index (κ3) is 1.89. The summed E-state index contributed by atoms with van der Waals surface area (Å²) in [5, 5.41) is 4.89. The summed E-state index contributed by atoms with van der Waals surface area (Å²) in [6.45, 7) is 3.22. The number of hydrogen-bond donors (Lipinski definition) is 2. The summed E-state index contributed by atoms with van der Waals surface area (Å²) in [4.78, 5) is 3.55. The number of aromatic nitrogens is 1. The quantitative estimate of drug-likeness (QED) is 0.871. The number of H-pyrrole nitrogens is 1. The van der Waals surface area contributed by atoms with Crippen LogP contribution in [0.4, 0.5) is 0 Å². The number of aromatic amines is 1. The molecular formula is C15H20N2O. The highest BCUT2D eigenvalue weighted by Gasteiger charge is 2.21. The number of benzene rings is 1. The molecule has 1 aromatic heterocycles. The zero-order chi connectivity index (χ0) is 12.5. The van der Waals surface area contributed by atoms with E-state index in [0.29, 0.717) is 6.04 Å². The van der Waals surface area contributed by atoms with Crippen molar-refractivity contribution in [2.45, 2.75) is 32.2 Å². The SMILES string of the molecule is CCNC1CCc2[nH]c3ccc(OC)cc3c2C1. The van der Waals surface area contributed by atoms with Crippen LogP contribution >= 0.6 is 0 Å². The second-order valence-corrected chi connectivity index (χ2v) is 4.99. The van der Waals surface area contributed by atoms with Gasteiger partial charge in [-0.2, -0.15) is 0 Å². The van der Waals surface area contributed by atoms with Gasteiger partial charge in [0.25, 0.3) is 0 Å². The lowest BCUT2D eigenvalue weighted by Crippen LogP contribution is -2.34. The smallest absolute Gasteiger partial charge is 0.119 e. The summed E-state index contributed by atoms with van der Waals surface area (Å²) in [7, 11) is 1.72. The van der Waals surface area contributed by atoms with E-state index in [1.807, 2.05) is 6.07 Å². The van der Waals surface area contributed by atoms with Crippen LogP contribution in [-0.2, 0) is 12.8 Å². The van der Waals surface area contributed by atoms with Crippen LogP contribution in [-0.4, -0.2) is 24.7 Å². The van der Waals surface area contributed by atoms with Gasteiger partial charge in [0.2, 0.25) is 0 Å². The Bertz CT molecular complexity index is 559. The molecule has 3 nitrogen and oxygen atoms in total.